The molecule has 1 rings (SSSR count). The summed E-state index contributed by atoms with van der Waals surface area (Å²) in [4.78, 5) is 0. The molecule has 1 fully saturated rings. The van der Waals surface area contributed by atoms with Gasteiger partial charge in [-0.3, -0.25) is 0 Å². The van der Waals surface area contributed by atoms with Crippen molar-refractivity contribution in [2.24, 2.45) is 5.92 Å². The van der Waals surface area contributed by atoms with Gasteiger partial charge in [0.1, 0.15) is 16.6 Å². The van der Waals surface area contributed by atoms with Crippen molar-refractivity contribution in [3.8, 4) is 0 Å². The lowest BCUT2D eigenvalue weighted by Gasteiger charge is -2.27. The molecule has 0 spiro atoms. The smallest absolute Gasteiger partial charge is 0.146 e. The Labute approximate surface area is 89.7 Å². The minimum Gasteiger partial charge on any atom is -0.423 e. The zero-order chi connectivity index (χ0) is 10.6. The average Bonchev–Trinajstić information content (AvgIpc) is 2.87. The summed E-state index contributed by atoms with van der Waals surface area (Å²) < 4.78 is 16.1. The quantitative estimate of drug-likeness (QED) is 0.461. The van der Waals surface area contributed by atoms with Crippen LogP contribution in [0, 0.1) is 5.92 Å². The van der Waals surface area contributed by atoms with E-state index in [4.69, 9.17) is 13.9 Å². The standard InChI is InChI=1S/C10H22O3Si/c1-8(4-10(2,3)13-14)5-11-6-9-7-12-9/h8-9H,4-7H2,1-3,14H3. The first-order valence-electron chi connectivity index (χ1n) is 5.28. The van der Waals surface area contributed by atoms with E-state index in [1.54, 1.807) is 0 Å². The van der Waals surface area contributed by atoms with Gasteiger partial charge in [0, 0.05) is 12.2 Å². The van der Waals surface area contributed by atoms with Crippen molar-refractivity contribution in [2.75, 3.05) is 19.8 Å². The van der Waals surface area contributed by atoms with Crippen LogP contribution in [0.2, 0.25) is 0 Å². The monoisotopic (exact) mass is 218 g/mol. The maximum Gasteiger partial charge on any atom is 0.146 e. The molecule has 0 radical (unpaired) electrons. The largest absolute Gasteiger partial charge is 0.423 e. The van der Waals surface area contributed by atoms with Gasteiger partial charge in [-0.1, -0.05) is 6.92 Å². The molecule has 0 aromatic rings. The van der Waals surface area contributed by atoms with Crippen molar-refractivity contribution in [2.45, 2.75) is 38.9 Å². The highest BCUT2D eigenvalue weighted by Gasteiger charge is 2.24. The van der Waals surface area contributed by atoms with Crippen molar-refractivity contribution >= 4 is 10.5 Å². The molecule has 0 amide bonds. The van der Waals surface area contributed by atoms with Gasteiger partial charge in [-0.2, -0.15) is 0 Å². The van der Waals surface area contributed by atoms with Crippen LogP contribution in [0.3, 0.4) is 0 Å². The summed E-state index contributed by atoms with van der Waals surface area (Å²) in [6.45, 7) is 8.93. The fourth-order valence-electron chi connectivity index (χ4n) is 1.55. The van der Waals surface area contributed by atoms with Crippen LogP contribution in [-0.2, 0) is 13.9 Å². The maximum absolute atomic E-state index is 5.54. The molecule has 1 aliphatic rings. The first-order chi connectivity index (χ1) is 6.53. The number of rotatable bonds is 7. The Kier molecular flexibility index (Phi) is 4.57. The van der Waals surface area contributed by atoms with Crippen molar-refractivity contribution in [3.63, 3.8) is 0 Å². The normalized spacial score (nSPS) is 23.8. The maximum atomic E-state index is 5.54. The molecule has 1 saturated heterocycles. The fraction of sp³-hybridized carbons (Fsp3) is 1.00. The van der Waals surface area contributed by atoms with E-state index in [9.17, 15) is 0 Å². The second kappa shape index (κ2) is 5.26. The molecule has 1 heterocycles. The summed E-state index contributed by atoms with van der Waals surface area (Å²) in [5.74, 6) is 0.553. The van der Waals surface area contributed by atoms with Crippen LogP contribution < -0.4 is 0 Å². The Morgan fingerprint density at radius 1 is 1.57 bits per heavy atom. The molecule has 3 nitrogen and oxygen atoms in total. The van der Waals surface area contributed by atoms with Gasteiger partial charge in [0.2, 0.25) is 0 Å². The van der Waals surface area contributed by atoms with Crippen LogP contribution in [0.1, 0.15) is 27.2 Å². The Morgan fingerprint density at radius 2 is 2.21 bits per heavy atom. The predicted molar refractivity (Wildman–Crippen MR) is 59.4 cm³/mol. The van der Waals surface area contributed by atoms with Crippen molar-refractivity contribution < 1.29 is 13.9 Å². The van der Waals surface area contributed by atoms with Gasteiger partial charge < -0.3 is 13.9 Å². The molecular formula is C10H22O3Si. The SMILES string of the molecule is CC(COCC1CO1)CC(C)(C)O[SiH3]. The molecule has 0 aromatic carbocycles. The van der Waals surface area contributed by atoms with Gasteiger partial charge in [0.25, 0.3) is 0 Å². The molecule has 1 aliphatic heterocycles. The van der Waals surface area contributed by atoms with E-state index in [2.05, 4.69) is 20.8 Å². The first-order valence-corrected chi connectivity index (χ1v) is 6.09. The van der Waals surface area contributed by atoms with Crippen LogP contribution in [0.5, 0.6) is 0 Å². The van der Waals surface area contributed by atoms with E-state index in [-0.39, 0.29) is 5.60 Å². The number of hydrogen-bond donors (Lipinski definition) is 0. The van der Waals surface area contributed by atoms with Crippen LogP contribution in [0.15, 0.2) is 0 Å². The predicted octanol–water partition coefficient (Wildman–Crippen LogP) is 0.504. The summed E-state index contributed by atoms with van der Waals surface area (Å²) in [5, 5.41) is 0. The molecule has 0 aliphatic carbocycles. The van der Waals surface area contributed by atoms with E-state index < -0.39 is 0 Å². The lowest BCUT2D eigenvalue weighted by atomic mass is 9.96. The van der Waals surface area contributed by atoms with E-state index in [1.807, 2.05) is 0 Å². The van der Waals surface area contributed by atoms with Crippen molar-refractivity contribution in [1.82, 2.24) is 0 Å². The van der Waals surface area contributed by atoms with Gasteiger partial charge in [0.15, 0.2) is 0 Å². The summed E-state index contributed by atoms with van der Waals surface area (Å²) in [6, 6.07) is 0. The number of ether oxygens (including phenoxy) is 2. The van der Waals surface area contributed by atoms with Crippen LogP contribution >= 0.6 is 0 Å². The van der Waals surface area contributed by atoms with Crippen LogP contribution in [0.25, 0.3) is 0 Å². The van der Waals surface area contributed by atoms with E-state index in [1.165, 1.54) is 0 Å². The van der Waals surface area contributed by atoms with Crippen molar-refractivity contribution in [3.05, 3.63) is 0 Å². The third kappa shape index (κ3) is 5.10. The minimum atomic E-state index is 0.0189. The van der Waals surface area contributed by atoms with Crippen molar-refractivity contribution in [1.29, 1.82) is 0 Å². The van der Waals surface area contributed by atoms with Crippen LogP contribution in [0.4, 0.5) is 0 Å². The molecular weight excluding hydrogens is 196 g/mol. The number of epoxide rings is 1. The zero-order valence-corrected chi connectivity index (χ0v) is 11.7. The molecule has 2 atom stereocenters. The van der Waals surface area contributed by atoms with Gasteiger partial charge in [0.05, 0.1) is 13.2 Å². The summed E-state index contributed by atoms with van der Waals surface area (Å²) in [7, 11) is 0.804. The third-order valence-corrected chi connectivity index (χ3v) is 3.61. The highest BCUT2D eigenvalue weighted by Crippen LogP contribution is 2.19. The first kappa shape index (κ1) is 12.2. The Bertz CT molecular complexity index is 169. The van der Waals surface area contributed by atoms with E-state index in [0.29, 0.717) is 12.0 Å². The Balaban J connectivity index is 2.04. The van der Waals surface area contributed by atoms with E-state index >= 15 is 0 Å². The highest BCUT2D eigenvalue weighted by molar-refractivity contribution is 5.98. The molecule has 0 bridgehead atoms. The minimum absolute atomic E-state index is 0.0189. The average molecular weight is 218 g/mol. The lowest BCUT2D eigenvalue weighted by Crippen LogP contribution is -2.27. The molecule has 4 heteroatoms. The number of hydrogen-bond acceptors (Lipinski definition) is 3. The van der Waals surface area contributed by atoms with Crippen LogP contribution in [-0.4, -0.2) is 42.0 Å². The Morgan fingerprint density at radius 3 is 2.71 bits per heavy atom. The molecule has 2 unspecified atom stereocenters. The molecule has 0 saturated carbocycles. The highest BCUT2D eigenvalue weighted by atomic mass is 28.2. The fourth-order valence-corrected chi connectivity index (χ4v) is 1.71. The molecule has 0 N–H and O–H groups in total. The van der Waals surface area contributed by atoms with Gasteiger partial charge in [-0.05, 0) is 26.2 Å². The second-order valence-corrected chi connectivity index (χ2v) is 5.17. The molecule has 84 valence electrons. The lowest BCUT2D eigenvalue weighted by molar-refractivity contribution is 0.0453. The van der Waals surface area contributed by atoms with Gasteiger partial charge in [-0.15, -0.1) is 0 Å². The second-order valence-electron chi connectivity index (χ2n) is 4.77. The van der Waals surface area contributed by atoms with Gasteiger partial charge in [-0.25, -0.2) is 0 Å². The summed E-state index contributed by atoms with van der Waals surface area (Å²) in [5.41, 5.74) is 0.0189. The Hall–Kier alpha value is 0.0969. The van der Waals surface area contributed by atoms with Gasteiger partial charge >= 0.3 is 0 Å². The van der Waals surface area contributed by atoms with E-state index in [0.717, 1.165) is 36.7 Å². The molecule has 0 aromatic heterocycles. The summed E-state index contributed by atoms with van der Waals surface area (Å²) >= 11 is 0. The topological polar surface area (TPSA) is 31.0 Å². The molecule has 14 heavy (non-hydrogen) atoms. The zero-order valence-electron chi connectivity index (χ0n) is 9.71. The summed E-state index contributed by atoms with van der Waals surface area (Å²) in [6.07, 6.45) is 1.44. The third-order valence-electron chi connectivity index (χ3n) is 2.50.